The zero-order valence-corrected chi connectivity index (χ0v) is 37.1. The predicted molar refractivity (Wildman–Crippen MR) is 274 cm³/mol. The Kier molecular flexibility index (Phi) is 10.4. The van der Waals surface area contributed by atoms with Gasteiger partial charge in [0, 0.05) is 27.5 Å². The molecule has 11 aromatic rings. The van der Waals surface area contributed by atoms with Gasteiger partial charge < -0.3 is 14.4 Å². The molecule has 65 heavy (non-hydrogen) atoms. The SMILES string of the molecule is Oc1ccccc1-c1cc(-c2ccccc2-n2c3ccccc3c3ccccc32)cc(Oc2ccc(-c3cccc([Si](c4ccccc4)(c4ccccc4)c4ccccc4)c3)cc2)c1Cl. The first-order valence-electron chi connectivity index (χ1n) is 21.8. The molecule has 0 amide bonds. The normalized spacial score (nSPS) is 11.5. The van der Waals surface area contributed by atoms with Crippen molar-refractivity contribution in [1.82, 2.24) is 4.57 Å². The summed E-state index contributed by atoms with van der Waals surface area (Å²) >= 11 is 7.32. The van der Waals surface area contributed by atoms with Crippen LogP contribution in [0.5, 0.6) is 17.2 Å². The van der Waals surface area contributed by atoms with Gasteiger partial charge in [0.1, 0.15) is 17.2 Å². The highest BCUT2D eigenvalue weighted by atomic mass is 35.5. The third-order valence-electron chi connectivity index (χ3n) is 12.6. The third-order valence-corrected chi connectivity index (χ3v) is 17.8. The van der Waals surface area contributed by atoms with Crippen molar-refractivity contribution in [3.8, 4) is 56.3 Å². The molecule has 5 heteroatoms. The summed E-state index contributed by atoms with van der Waals surface area (Å²) in [5, 5.41) is 19.3. The summed E-state index contributed by atoms with van der Waals surface area (Å²) in [6.45, 7) is 0. The molecule has 0 saturated heterocycles. The van der Waals surface area contributed by atoms with Gasteiger partial charge in [0.2, 0.25) is 0 Å². The molecule has 1 N–H and O–H groups in total. The lowest BCUT2D eigenvalue weighted by Crippen LogP contribution is -2.74. The van der Waals surface area contributed by atoms with E-state index in [0.717, 1.165) is 39.0 Å². The summed E-state index contributed by atoms with van der Waals surface area (Å²) < 4.78 is 9.10. The monoisotopic (exact) mass is 871 g/mol. The molecule has 1 aromatic heterocycles. The van der Waals surface area contributed by atoms with Crippen molar-refractivity contribution < 1.29 is 9.84 Å². The van der Waals surface area contributed by atoms with E-state index in [-0.39, 0.29) is 5.75 Å². The van der Waals surface area contributed by atoms with Gasteiger partial charge in [-0.15, -0.1) is 0 Å². The molecule has 10 aromatic carbocycles. The Labute approximate surface area is 384 Å². The van der Waals surface area contributed by atoms with Crippen LogP contribution in [-0.2, 0) is 0 Å². The number of phenolic OH excluding ortho intramolecular Hbond substituents is 1. The average molecular weight is 873 g/mol. The fourth-order valence-corrected chi connectivity index (χ4v) is 14.7. The van der Waals surface area contributed by atoms with Crippen molar-refractivity contribution >= 4 is 62.2 Å². The number of phenols is 1. The van der Waals surface area contributed by atoms with Gasteiger partial charge >= 0.3 is 0 Å². The summed E-state index contributed by atoms with van der Waals surface area (Å²) in [5.74, 6) is 1.27. The highest BCUT2D eigenvalue weighted by molar-refractivity contribution is 7.19. The van der Waals surface area contributed by atoms with Crippen molar-refractivity contribution in [3.63, 3.8) is 0 Å². The third kappa shape index (κ3) is 7.10. The van der Waals surface area contributed by atoms with Gasteiger partial charge in [-0.2, -0.15) is 0 Å². The standard InChI is InChI=1S/C60H42ClNO2Si/c61-60-54(53-30-13-17-34-58(53)63)40-44(50-27-10-14-31-55(50)62-56-32-15-11-28-51(56)52-29-12-16-33-57(52)62)41-59(60)64-45-37-35-42(36-38-45)43-19-18-26-49(39-43)65(46-20-4-1-5-21-46,47-22-6-2-7-23-47)48-24-8-3-9-25-48/h1-41,63H. The van der Waals surface area contributed by atoms with E-state index in [0.29, 0.717) is 27.6 Å². The molecule has 11 rings (SSSR count). The molecule has 0 saturated carbocycles. The minimum Gasteiger partial charge on any atom is -0.507 e. The number of para-hydroxylation sites is 4. The van der Waals surface area contributed by atoms with Crippen LogP contribution in [0.25, 0.3) is 60.9 Å². The second kappa shape index (κ2) is 17.0. The number of hydrogen-bond donors (Lipinski definition) is 1. The van der Waals surface area contributed by atoms with Crippen LogP contribution < -0.4 is 25.5 Å². The Bertz CT molecular complexity index is 3330. The summed E-state index contributed by atoms with van der Waals surface area (Å²) in [6.07, 6.45) is 0. The zero-order valence-electron chi connectivity index (χ0n) is 35.4. The Morgan fingerprint density at radius 3 is 1.49 bits per heavy atom. The molecule has 0 bridgehead atoms. The number of nitrogens with zero attached hydrogens (tertiary/aromatic N) is 1. The number of aromatic nitrogens is 1. The first-order valence-corrected chi connectivity index (χ1v) is 24.2. The van der Waals surface area contributed by atoms with Crippen LogP contribution in [0, 0.1) is 0 Å². The van der Waals surface area contributed by atoms with E-state index in [1.54, 1.807) is 6.07 Å². The van der Waals surface area contributed by atoms with Crippen LogP contribution >= 0.6 is 11.6 Å². The topological polar surface area (TPSA) is 34.4 Å². The van der Waals surface area contributed by atoms with E-state index in [1.165, 1.54) is 31.5 Å². The van der Waals surface area contributed by atoms with Crippen LogP contribution in [-0.4, -0.2) is 17.7 Å². The molecule has 1 heterocycles. The lowest BCUT2D eigenvalue weighted by atomic mass is 9.96. The second-order valence-corrected chi connectivity index (χ2v) is 20.5. The molecule has 0 aliphatic rings. The number of ether oxygens (including phenoxy) is 1. The van der Waals surface area contributed by atoms with Crippen molar-refractivity contribution in [3.05, 3.63) is 254 Å². The van der Waals surface area contributed by atoms with Gasteiger partial charge in [0.25, 0.3) is 0 Å². The van der Waals surface area contributed by atoms with Gasteiger partial charge in [0.05, 0.1) is 21.7 Å². The smallest absolute Gasteiger partial charge is 0.179 e. The summed E-state index contributed by atoms with van der Waals surface area (Å²) in [6, 6.07) is 87.1. The van der Waals surface area contributed by atoms with Crippen molar-refractivity contribution in [2.75, 3.05) is 0 Å². The molecule has 3 nitrogen and oxygen atoms in total. The lowest BCUT2D eigenvalue weighted by molar-refractivity contribution is 0.477. The van der Waals surface area contributed by atoms with E-state index in [2.05, 4.69) is 211 Å². The Balaban J connectivity index is 1.01. The number of halogens is 1. The fraction of sp³-hybridized carbons (Fsp3) is 0. The molecular weight excluding hydrogens is 830 g/mol. The maximum absolute atomic E-state index is 11.2. The van der Waals surface area contributed by atoms with Crippen LogP contribution in [0.15, 0.2) is 249 Å². The van der Waals surface area contributed by atoms with Crippen LogP contribution in [0.3, 0.4) is 0 Å². The van der Waals surface area contributed by atoms with Gasteiger partial charge in [-0.3, -0.25) is 0 Å². The first kappa shape index (κ1) is 39.9. The Hall–Kier alpha value is -7.89. The van der Waals surface area contributed by atoms with E-state index >= 15 is 0 Å². The molecule has 0 radical (unpaired) electrons. The number of rotatable bonds is 10. The summed E-state index contributed by atoms with van der Waals surface area (Å²) in [4.78, 5) is 0. The highest BCUT2D eigenvalue weighted by Gasteiger charge is 2.41. The summed E-state index contributed by atoms with van der Waals surface area (Å²) in [7, 11) is -2.71. The van der Waals surface area contributed by atoms with Crippen molar-refractivity contribution in [2.24, 2.45) is 0 Å². The molecule has 0 atom stereocenters. The Morgan fingerprint density at radius 1 is 0.385 bits per heavy atom. The van der Waals surface area contributed by atoms with Gasteiger partial charge in [-0.05, 0) is 86.0 Å². The van der Waals surface area contributed by atoms with Gasteiger partial charge in [0.15, 0.2) is 8.07 Å². The Morgan fingerprint density at radius 2 is 0.892 bits per heavy atom. The quantitative estimate of drug-likeness (QED) is 0.110. The molecule has 0 spiro atoms. The molecule has 310 valence electrons. The maximum Gasteiger partial charge on any atom is 0.179 e. The average Bonchev–Trinajstić information content (AvgIpc) is 3.71. The van der Waals surface area contributed by atoms with Gasteiger partial charge in [-0.25, -0.2) is 0 Å². The van der Waals surface area contributed by atoms with E-state index in [9.17, 15) is 5.11 Å². The van der Waals surface area contributed by atoms with E-state index in [1.807, 2.05) is 36.4 Å². The lowest BCUT2D eigenvalue weighted by Gasteiger charge is -2.34. The number of fused-ring (bicyclic) bond motifs is 3. The highest BCUT2D eigenvalue weighted by Crippen LogP contribution is 2.45. The predicted octanol–water partition coefficient (Wildman–Crippen LogP) is 13.3. The van der Waals surface area contributed by atoms with Gasteiger partial charge in [-0.1, -0.05) is 212 Å². The van der Waals surface area contributed by atoms with Crippen LogP contribution in [0.4, 0.5) is 0 Å². The molecule has 0 aliphatic heterocycles. The van der Waals surface area contributed by atoms with Crippen molar-refractivity contribution in [1.29, 1.82) is 0 Å². The minimum absolute atomic E-state index is 0.138. The van der Waals surface area contributed by atoms with Crippen LogP contribution in [0.2, 0.25) is 5.02 Å². The van der Waals surface area contributed by atoms with Crippen molar-refractivity contribution in [2.45, 2.75) is 0 Å². The summed E-state index contributed by atoms with van der Waals surface area (Å²) in [5.41, 5.74) is 8.64. The number of hydrogen-bond acceptors (Lipinski definition) is 2. The van der Waals surface area contributed by atoms with E-state index < -0.39 is 8.07 Å². The first-order chi connectivity index (χ1) is 32.1. The largest absolute Gasteiger partial charge is 0.507 e. The van der Waals surface area contributed by atoms with Crippen LogP contribution in [0.1, 0.15) is 0 Å². The second-order valence-electron chi connectivity index (χ2n) is 16.3. The molecule has 0 aliphatic carbocycles. The minimum atomic E-state index is -2.71. The maximum atomic E-state index is 11.2. The number of aromatic hydroxyl groups is 1. The fourth-order valence-electron chi connectivity index (χ4n) is 9.66. The zero-order chi connectivity index (χ0) is 43.7. The molecule has 0 unspecified atom stereocenters. The van der Waals surface area contributed by atoms with E-state index in [4.69, 9.17) is 16.3 Å². The number of benzene rings is 10. The molecular formula is C60H42ClNO2Si. The molecule has 0 fully saturated rings.